The Balaban J connectivity index is 1.94. The van der Waals surface area contributed by atoms with E-state index in [0.29, 0.717) is 21.6 Å². The molecule has 0 atom stereocenters. The zero-order valence-corrected chi connectivity index (χ0v) is 15.4. The Bertz CT molecular complexity index is 991. The molecule has 10 heteroatoms. The zero-order chi connectivity index (χ0) is 19.6. The molecule has 0 fully saturated rings. The SMILES string of the molecule is CC(C)(Nc1nc(-c2c[nH]c3ncc(Cl)cc23)ncc1F)C(=O)NCCF. The standard InChI is InChI=1S/C17H17ClF2N6O/c1-17(2,16(27)21-4-3-19)26-15-12(20)8-24-14(25-15)11-7-23-13-10(11)5-9(18)6-22-13/h5-8H,3-4H2,1-2H3,(H,21,27)(H,22,23)(H,24,25,26). The molecule has 0 radical (unpaired) electrons. The monoisotopic (exact) mass is 394 g/mol. The summed E-state index contributed by atoms with van der Waals surface area (Å²) in [6.45, 7) is 2.27. The van der Waals surface area contributed by atoms with Crippen LogP contribution >= 0.6 is 11.6 Å². The van der Waals surface area contributed by atoms with Gasteiger partial charge in [-0.2, -0.15) is 0 Å². The third-order valence-electron chi connectivity index (χ3n) is 3.86. The minimum absolute atomic E-state index is 0.120. The van der Waals surface area contributed by atoms with Gasteiger partial charge in [0.2, 0.25) is 5.91 Å². The maximum absolute atomic E-state index is 14.2. The van der Waals surface area contributed by atoms with E-state index in [0.717, 1.165) is 6.20 Å². The van der Waals surface area contributed by atoms with Crippen molar-refractivity contribution in [1.29, 1.82) is 0 Å². The van der Waals surface area contributed by atoms with Gasteiger partial charge in [-0.3, -0.25) is 4.79 Å². The lowest BCUT2D eigenvalue weighted by Crippen LogP contribution is -2.48. The quantitative estimate of drug-likeness (QED) is 0.597. The van der Waals surface area contributed by atoms with E-state index < -0.39 is 23.9 Å². The number of fused-ring (bicyclic) bond motifs is 1. The van der Waals surface area contributed by atoms with Gasteiger partial charge in [0.25, 0.3) is 0 Å². The Hall–Kier alpha value is -2.81. The number of aromatic amines is 1. The highest BCUT2D eigenvalue weighted by Gasteiger charge is 2.29. The van der Waals surface area contributed by atoms with Crippen molar-refractivity contribution in [3.05, 3.63) is 35.5 Å². The van der Waals surface area contributed by atoms with Crippen molar-refractivity contribution < 1.29 is 13.6 Å². The van der Waals surface area contributed by atoms with Crippen LogP contribution in [-0.4, -0.2) is 44.6 Å². The van der Waals surface area contributed by atoms with Gasteiger partial charge in [0.1, 0.15) is 17.9 Å². The predicted octanol–water partition coefficient (Wildman–Crippen LogP) is 3.09. The molecule has 0 saturated heterocycles. The first-order valence-electron chi connectivity index (χ1n) is 8.10. The molecule has 0 aliphatic rings. The summed E-state index contributed by atoms with van der Waals surface area (Å²) in [6, 6.07) is 1.70. The fourth-order valence-corrected chi connectivity index (χ4v) is 2.64. The van der Waals surface area contributed by atoms with Crippen LogP contribution in [0.5, 0.6) is 0 Å². The van der Waals surface area contributed by atoms with Crippen LogP contribution in [0.25, 0.3) is 22.4 Å². The first kappa shape index (κ1) is 19.0. The number of alkyl halides is 1. The second-order valence-electron chi connectivity index (χ2n) is 6.34. The molecule has 0 saturated carbocycles. The summed E-state index contributed by atoms with van der Waals surface area (Å²) in [4.78, 5) is 27.5. The number of hydrogen-bond acceptors (Lipinski definition) is 5. The minimum atomic E-state index is -1.22. The maximum Gasteiger partial charge on any atom is 0.245 e. The van der Waals surface area contributed by atoms with Crippen molar-refractivity contribution in [3.63, 3.8) is 0 Å². The van der Waals surface area contributed by atoms with Crippen molar-refractivity contribution in [2.45, 2.75) is 19.4 Å². The molecule has 3 rings (SSSR count). The van der Waals surface area contributed by atoms with Gasteiger partial charge in [-0.25, -0.2) is 23.7 Å². The topological polar surface area (TPSA) is 95.6 Å². The summed E-state index contributed by atoms with van der Waals surface area (Å²) in [5, 5.41) is 6.28. The molecule has 0 aromatic carbocycles. The average Bonchev–Trinajstić information content (AvgIpc) is 3.04. The second kappa shape index (κ2) is 7.43. The molecule has 27 heavy (non-hydrogen) atoms. The van der Waals surface area contributed by atoms with Crippen LogP contribution in [0.15, 0.2) is 24.7 Å². The van der Waals surface area contributed by atoms with E-state index in [1.165, 1.54) is 20.0 Å². The summed E-state index contributed by atoms with van der Waals surface area (Å²) in [5.74, 6) is -1.12. The molecule has 1 amide bonds. The van der Waals surface area contributed by atoms with Crippen LogP contribution in [0.1, 0.15) is 13.8 Å². The minimum Gasteiger partial charge on any atom is -0.354 e. The van der Waals surface area contributed by atoms with Crippen LogP contribution in [0, 0.1) is 5.82 Å². The average molecular weight is 395 g/mol. The van der Waals surface area contributed by atoms with Crippen molar-refractivity contribution >= 4 is 34.4 Å². The number of aromatic nitrogens is 4. The number of halogens is 3. The Morgan fingerprint density at radius 2 is 2.11 bits per heavy atom. The van der Waals surface area contributed by atoms with E-state index in [1.807, 2.05) is 0 Å². The van der Waals surface area contributed by atoms with E-state index in [1.54, 1.807) is 12.3 Å². The number of carbonyl (C=O) groups is 1. The van der Waals surface area contributed by atoms with Gasteiger partial charge in [-0.05, 0) is 19.9 Å². The molecule has 3 N–H and O–H groups in total. The third kappa shape index (κ3) is 3.97. The lowest BCUT2D eigenvalue weighted by molar-refractivity contribution is -0.124. The summed E-state index contributed by atoms with van der Waals surface area (Å²) in [7, 11) is 0. The Kier molecular flexibility index (Phi) is 5.22. The molecule has 0 spiro atoms. The summed E-state index contributed by atoms with van der Waals surface area (Å²) in [5.41, 5.74) is -0.0438. The van der Waals surface area contributed by atoms with E-state index >= 15 is 0 Å². The van der Waals surface area contributed by atoms with Gasteiger partial charge in [-0.1, -0.05) is 11.6 Å². The number of hydrogen-bond donors (Lipinski definition) is 3. The largest absolute Gasteiger partial charge is 0.354 e. The molecule has 3 aromatic heterocycles. The fourth-order valence-electron chi connectivity index (χ4n) is 2.48. The van der Waals surface area contributed by atoms with Crippen LogP contribution in [0.3, 0.4) is 0 Å². The molecule has 142 valence electrons. The molecular formula is C17H17ClF2N6O. The fraction of sp³-hybridized carbons (Fsp3) is 0.294. The molecule has 7 nitrogen and oxygen atoms in total. The third-order valence-corrected chi connectivity index (χ3v) is 4.07. The number of anilines is 1. The lowest BCUT2D eigenvalue weighted by atomic mass is 10.0. The Morgan fingerprint density at radius 3 is 2.85 bits per heavy atom. The van der Waals surface area contributed by atoms with E-state index in [9.17, 15) is 13.6 Å². The van der Waals surface area contributed by atoms with Crippen molar-refractivity contribution in [2.75, 3.05) is 18.5 Å². The summed E-state index contributed by atoms with van der Waals surface area (Å²) in [6.07, 6.45) is 4.16. The molecule has 3 aromatic rings. The van der Waals surface area contributed by atoms with Gasteiger partial charge in [-0.15, -0.1) is 0 Å². The predicted molar refractivity (Wildman–Crippen MR) is 98.8 cm³/mol. The first-order chi connectivity index (χ1) is 12.8. The van der Waals surface area contributed by atoms with Gasteiger partial charge < -0.3 is 15.6 Å². The van der Waals surface area contributed by atoms with Crippen LogP contribution in [0.2, 0.25) is 5.02 Å². The first-order valence-corrected chi connectivity index (χ1v) is 8.47. The zero-order valence-electron chi connectivity index (χ0n) is 14.6. The lowest BCUT2D eigenvalue weighted by Gasteiger charge is -2.25. The Labute approximate surface area is 158 Å². The van der Waals surface area contributed by atoms with Crippen LogP contribution in [-0.2, 0) is 4.79 Å². The van der Waals surface area contributed by atoms with Gasteiger partial charge >= 0.3 is 0 Å². The highest BCUT2D eigenvalue weighted by atomic mass is 35.5. The highest BCUT2D eigenvalue weighted by molar-refractivity contribution is 6.31. The normalized spacial score (nSPS) is 11.6. The van der Waals surface area contributed by atoms with Gasteiger partial charge in [0, 0.05) is 29.9 Å². The van der Waals surface area contributed by atoms with E-state index in [4.69, 9.17) is 11.6 Å². The van der Waals surface area contributed by atoms with Crippen molar-refractivity contribution in [3.8, 4) is 11.4 Å². The molecule has 0 aliphatic heterocycles. The summed E-state index contributed by atoms with van der Waals surface area (Å²) < 4.78 is 26.5. The number of H-pyrrole nitrogens is 1. The van der Waals surface area contributed by atoms with Gasteiger partial charge in [0.15, 0.2) is 17.5 Å². The molecule has 3 heterocycles. The van der Waals surface area contributed by atoms with Gasteiger partial charge in [0.05, 0.1) is 11.2 Å². The van der Waals surface area contributed by atoms with E-state index in [-0.39, 0.29) is 18.2 Å². The second-order valence-corrected chi connectivity index (χ2v) is 6.77. The summed E-state index contributed by atoms with van der Waals surface area (Å²) >= 11 is 5.99. The van der Waals surface area contributed by atoms with Crippen LogP contribution < -0.4 is 10.6 Å². The number of pyridine rings is 1. The maximum atomic E-state index is 14.2. The number of nitrogens with zero attached hydrogens (tertiary/aromatic N) is 3. The molecule has 0 aliphatic carbocycles. The molecular weight excluding hydrogens is 378 g/mol. The van der Waals surface area contributed by atoms with Crippen molar-refractivity contribution in [1.82, 2.24) is 25.3 Å². The van der Waals surface area contributed by atoms with Crippen molar-refractivity contribution in [2.24, 2.45) is 0 Å². The number of rotatable bonds is 6. The number of amides is 1. The molecule has 0 unspecified atom stereocenters. The smallest absolute Gasteiger partial charge is 0.245 e. The highest BCUT2D eigenvalue weighted by Crippen LogP contribution is 2.28. The number of nitrogens with one attached hydrogen (secondary N) is 3. The van der Waals surface area contributed by atoms with E-state index in [2.05, 4.69) is 30.6 Å². The van der Waals surface area contributed by atoms with Crippen LogP contribution in [0.4, 0.5) is 14.6 Å². The molecule has 0 bridgehead atoms. The number of carbonyl (C=O) groups excluding carboxylic acids is 1. The Morgan fingerprint density at radius 1 is 1.33 bits per heavy atom.